The van der Waals surface area contributed by atoms with Gasteiger partial charge in [-0.3, -0.25) is 4.90 Å². The van der Waals surface area contributed by atoms with E-state index in [-0.39, 0.29) is 24.1 Å². The Labute approximate surface area is 182 Å². The molecule has 2 aromatic carbocycles. The summed E-state index contributed by atoms with van der Waals surface area (Å²) < 4.78 is 38.7. The van der Waals surface area contributed by atoms with Gasteiger partial charge in [-0.2, -0.15) is 0 Å². The van der Waals surface area contributed by atoms with Crippen molar-refractivity contribution >= 4 is 27.6 Å². The van der Waals surface area contributed by atoms with Crippen molar-refractivity contribution in [1.29, 1.82) is 0 Å². The lowest BCUT2D eigenvalue weighted by Crippen LogP contribution is -2.43. The maximum atomic E-state index is 12.8. The van der Waals surface area contributed by atoms with Gasteiger partial charge in [-0.15, -0.1) is 0 Å². The van der Waals surface area contributed by atoms with E-state index in [2.05, 4.69) is 9.62 Å². The van der Waals surface area contributed by atoms with E-state index in [9.17, 15) is 13.2 Å². The topological polar surface area (TPSA) is 84.9 Å². The predicted molar refractivity (Wildman–Crippen MR) is 114 cm³/mol. The van der Waals surface area contributed by atoms with Crippen LogP contribution in [-0.4, -0.2) is 58.7 Å². The molecule has 1 heterocycles. The van der Waals surface area contributed by atoms with Gasteiger partial charge in [-0.25, -0.2) is 17.9 Å². The van der Waals surface area contributed by atoms with Gasteiger partial charge in [-0.05, 0) is 42.8 Å². The number of morpholine rings is 1. The van der Waals surface area contributed by atoms with Crippen LogP contribution in [0.3, 0.4) is 0 Å². The molecule has 3 rings (SSSR count). The Bertz CT molecular complexity index is 960. The lowest BCUT2D eigenvalue weighted by molar-refractivity contribution is 0.0172. The number of benzene rings is 2. The monoisotopic (exact) mass is 452 g/mol. The Kier molecular flexibility index (Phi) is 7.85. The summed E-state index contributed by atoms with van der Waals surface area (Å²) in [5, 5.41) is 0.590. The standard InChI is InChI=1S/C21H25ClN2O5S/c1-2-29-21(25)16-7-9-17(10-8-16)30(26,27)23-15-20(24-11-13-28-14-12-24)18-5-3-4-6-19(18)22/h3-10,20,23H,2,11-15H2,1H3. The highest BCUT2D eigenvalue weighted by Crippen LogP contribution is 2.28. The number of nitrogens with zero attached hydrogens (tertiary/aromatic N) is 1. The third-order valence-corrected chi connectivity index (χ3v) is 6.68. The first-order valence-corrected chi connectivity index (χ1v) is 11.6. The average molecular weight is 453 g/mol. The molecule has 0 amide bonds. The highest BCUT2D eigenvalue weighted by Gasteiger charge is 2.26. The fraction of sp³-hybridized carbons (Fsp3) is 0.381. The molecule has 1 fully saturated rings. The molecule has 1 aliphatic heterocycles. The molecule has 0 bridgehead atoms. The normalized spacial score (nSPS) is 16.2. The van der Waals surface area contributed by atoms with Gasteiger partial charge in [0.1, 0.15) is 0 Å². The maximum absolute atomic E-state index is 12.8. The number of rotatable bonds is 8. The van der Waals surface area contributed by atoms with Gasteiger partial charge in [0.15, 0.2) is 0 Å². The van der Waals surface area contributed by atoms with Crippen molar-refractivity contribution in [2.24, 2.45) is 0 Å². The second-order valence-electron chi connectivity index (χ2n) is 6.78. The van der Waals surface area contributed by atoms with Crippen molar-refractivity contribution in [3.8, 4) is 0 Å². The lowest BCUT2D eigenvalue weighted by atomic mass is 10.0. The molecule has 7 nitrogen and oxygen atoms in total. The first-order chi connectivity index (χ1) is 14.4. The molecular weight excluding hydrogens is 428 g/mol. The summed E-state index contributed by atoms with van der Waals surface area (Å²) in [7, 11) is -3.77. The van der Waals surface area contributed by atoms with E-state index in [1.54, 1.807) is 13.0 Å². The summed E-state index contributed by atoms with van der Waals surface area (Å²) >= 11 is 6.40. The van der Waals surface area contributed by atoms with Crippen molar-refractivity contribution in [1.82, 2.24) is 9.62 Å². The second-order valence-corrected chi connectivity index (χ2v) is 8.96. The summed E-state index contributed by atoms with van der Waals surface area (Å²) in [5.41, 5.74) is 1.17. The molecule has 0 saturated carbocycles. The van der Waals surface area contributed by atoms with Gasteiger partial charge in [-0.1, -0.05) is 29.8 Å². The van der Waals surface area contributed by atoms with E-state index in [4.69, 9.17) is 21.1 Å². The number of carbonyl (C=O) groups is 1. The molecule has 0 aromatic heterocycles. The van der Waals surface area contributed by atoms with Crippen LogP contribution < -0.4 is 4.72 Å². The molecule has 0 spiro atoms. The van der Waals surface area contributed by atoms with Gasteiger partial charge < -0.3 is 9.47 Å². The Morgan fingerprint density at radius 2 is 1.83 bits per heavy atom. The molecule has 1 unspecified atom stereocenters. The van der Waals surface area contributed by atoms with Crippen LogP contribution in [0.4, 0.5) is 0 Å². The zero-order valence-electron chi connectivity index (χ0n) is 16.7. The molecular formula is C21H25ClN2O5S. The molecule has 1 atom stereocenters. The van der Waals surface area contributed by atoms with Crippen LogP contribution in [0.15, 0.2) is 53.4 Å². The molecule has 9 heteroatoms. The van der Waals surface area contributed by atoms with Crippen LogP contribution in [0.1, 0.15) is 28.9 Å². The largest absolute Gasteiger partial charge is 0.462 e. The first kappa shape index (κ1) is 22.7. The number of carbonyl (C=O) groups excluding carboxylic acids is 1. The van der Waals surface area contributed by atoms with E-state index in [0.29, 0.717) is 36.9 Å². The van der Waals surface area contributed by atoms with E-state index in [1.807, 2.05) is 18.2 Å². The highest BCUT2D eigenvalue weighted by molar-refractivity contribution is 7.89. The van der Waals surface area contributed by atoms with Gasteiger partial charge in [0.05, 0.1) is 30.3 Å². The van der Waals surface area contributed by atoms with E-state index < -0.39 is 16.0 Å². The Hall–Kier alpha value is -1.97. The minimum Gasteiger partial charge on any atom is -0.462 e. The quantitative estimate of drug-likeness (QED) is 0.620. The maximum Gasteiger partial charge on any atom is 0.338 e. The predicted octanol–water partition coefficient (Wildman–Crippen LogP) is 2.87. The minimum absolute atomic E-state index is 0.0791. The molecule has 0 aliphatic carbocycles. The van der Waals surface area contributed by atoms with Gasteiger partial charge in [0.2, 0.25) is 10.0 Å². The SMILES string of the molecule is CCOC(=O)c1ccc(S(=O)(=O)NCC(c2ccccc2Cl)N2CCOCC2)cc1. The van der Waals surface area contributed by atoms with E-state index >= 15 is 0 Å². The number of sulfonamides is 1. The summed E-state index contributed by atoms with van der Waals surface area (Å²) in [5.74, 6) is -0.486. The van der Waals surface area contributed by atoms with E-state index in [1.165, 1.54) is 24.3 Å². The number of halogens is 1. The van der Waals surface area contributed by atoms with Crippen molar-refractivity contribution in [3.05, 3.63) is 64.7 Å². The molecule has 1 N–H and O–H groups in total. The molecule has 162 valence electrons. The molecule has 1 aliphatic rings. The van der Waals surface area contributed by atoms with Crippen LogP contribution >= 0.6 is 11.6 Å². The third kappa shape index (κ3) is 5.59. The zero-order chi connectivity index (χ0) is 21.6. The van der Waals surface area contributed by atoms with Crippen LogP contribution in [0, 0.1) is 0 Å². The highest BCUT2D eigenvalue weighted by atomic mass is 35.5. The van der Waals surface area contributed by atoms with Crippen LogP contribution in [0.5, 0.6) is 0 Å². The first-order valence-electron chi connectivity index (χ1n) is 9.75. The van der Waals surface area contributed by atoms with Crippen LogP contribution in [0.2, 0.25) is 5.02 Å². The Morgan fingerprint density at radius 3 is 2.47 bits per heavy atom. The smallest absolute Gasteiger partial charge is 0.338 e. The fourth-order valence-electron chi connectivity index (χ4n) is 3.33. The second kappa shape index (κ2) is 10.4. The number of hydrogen-bond acceptors (Lipinski definition) is 6. The number of ether oxygens (including phenoxy) is 2. The summed E-state index contributed by atoms with van der Waals surface area (Å²) in [6.45, 7) is 4.67. The summed E-state index contributed by atoms with van der Waals surface area (Å²) in [6.07, 6.45) is 0. The molecule has 30 heavy (non-hydrogen) atoms. The average Bonchev–Trinajstić information content (AvgIpc) is 2.76. The van der Waals surface area contributed by atoms with E-state index in [0.717, 1.165) is 5.56 Å². The molecule has 2 aromatic rings. The van der Waals surface area contributed by atoms with Crippen molar-refractivity contribution < 1.29 is 22.7 Å². The fourth-order valence-corrected chi connectivity index (χ4v) is 4.63. The summed E-state index contributed by atoms with van der Waals surface area (Å²) in [4.78, 5) is 14.0. The van der Waals surface area contributed by atoms with Gasteiger partial charge in [0, 0.05) is 30.7 Å². The zero-order valence-corrected chi connectivity index (χ0v) is 18.3. The minimum atomic E-state index is -3.77. The molecule has 0 radical (unpaired) electrons. The van der Waals surface area contributed by atoms with Crippen LogP contribution in [-0.2, 0) is 19.5 Å². The lowest BCUT2D eigenvalue weighted by Gasteiger charge is -2.35. The number of nitrogens with one attached hydrogen (secondary N) is 1. The van der Waals surface area contributed by atoms with Crippen molar-refractivity contribution in [3.63, 3.8) is 0 Å². The van der Waals surface area contributed by atoms with Crippen LogP contribution in [0.25, 0.3) is 0 Å². The molecule has 1 saturated heterocycles. The number of esters is 1. The third-order valence-electron chi connectivity index (χ3n) is 4.89. The van der Waals surface area contributed by atoms with Gasteiger partial charge in [0.25, 0.3) is 0 Å². The Balaban J connectivity index is 1.77. The number of hydrogen-bond donors (Lipinski definition) is 1. The van der Waals surface area contributed by atoms with Crippen molar-refractivity contribution in [2.75, 3.05) is 39.5 Å². The van der Waals surface area contributed by atoms with Gasteiger partial charge >= 0.3 is 5.97 Å². The van der Waals surface area contributed by atoms with Crippen molar-refractivity contribution in [2.45, 2.75) is 17.9 Å². The summed E-state index contributed by atoms with van der Waals surface area (Å²) in [6, 6.07) is 12.9. The Morgan fingerprint density at radius 1 is 1.17 bits per heavy atom.